The van der Waals surface area contributed by atoms with Gasteiger partial charge in [-0.3, -0.25) is 0 Å². The number of methoxy groups -OCH3 is 1. The monoisotopic (exact) mass is 289 g/mol. The number of ether oxygens (including phenoxy) is 1. The number of carbonyl (C=O) groups is 1. The van der Waals surface area contributed by atoms with Crippen molar-refractivity contribution in [3.63, 3.8) is 0 Å². The smallest absolute Gasteiger partial charge is 0.333 e. The molecule has 0 fully saturated rings. The third kappa shape index (κ3) is 2.23. The first-order valence-corrected chi connectivity index (χ1v) is 6.48. The van der Waals surface area contributed by atoms with E-state index in [9.17, 15) is 4.79 Å². The predicted octanol–water partition coefficient (Wildman–Crippen LogP) is 0.625. The maximum absolute atomic E-state index is 11.2. The van der Waals surface area contributed by atoms with Gasteiger partial charge in [0.15, 0.2) is 17.6 Å². The molecule has 3 atom stereocenters. The van der Waals surface area contributed by atoms with E-state index in [2.05, 4.69) is 15.0 Å². The van der Waals surface area contributed by atoms with E-state index < -0.39 is 12.1 Å². The van der Waals surface area contributed by atoms with Gasteiger partial charge in [-0.05, 0) is 6.42 Å². The molecular weight excluding hydrogens is 274 g/mol. The van der Waals surface area contributed by atoms with E-state index in [1.54, 1.807) is 6.33 Å². The second-order valence-corrected chi connectivity index (χ2v) is 4.93. The zero-order valence-electron chi connectivity index (χ0n) is 11.4. The summed E-state index contributed by atoms with van der Waals surface area (Å²) in [6, 6.07) is -0.0219. The van der Waals surface area contributed by atoms with Crippen molar-refractivity contribution in [1.82, 2.24) is 19.5 Å². The number of anilines is 1. The lowest BCUT2D eigenvalue weighted by Gasteiger charge is -2.18. The van der Waals surface area contributed by atoms with Crippen LogP contribution in [0.5, 0.6) is 0 Å². The number of hydrogen-bond acceptors (Lipinski definition) is 6. The molecule has 2 aromatic heterocycles. The summed E-state index contributed by atoms with van der Waals surface area (Å²) in [6.07, 6.45) is 6.61. The van der Waals surface area contributed by atoms with Crippen LogP contribution in [0.15, 0.2) is 24.8 Å². The van der Waals surface area contributed by atoms with Crippen LogP contribution in [-0.4, -0.2) is 43.8 Å². The number of imidazole rings is 1. The molecule has 110 valence electrons. The highest BCUT2D eigenvalue weighted by Gasteiger charge is 2.32. The largest absolute Gasteiger partial charge is 0.479 e. The van der Waals surface area contributed by atoms with Crippen LogP contribution < -0.4 is 5.73 Å². The lowest BCUT2D eigenvalue weighted by molar-refractivity contribution is -0.150. The van der Waals surface area contributed by atoms with Crippen LogP contribution in [0.1, 0.15) is 12.5 Å². The average molecular weight is 289 g/mol. The number of rotatable bonds is 4. The Hall–Kier alpha value is -2.48. The topological polar surface area (TPSA) is 116 Å². The Kier molecular flexibility index (Phi) is 3.30. The second kappa shape index (κ2) is 5.13. The maximum atomic E-state index is 11.2. The minimum atomic E-state index is -0.963. The number of carboxylic acids is 1. The molecule has 2 heterocycles. The van der Waals surface area contributed by atoms with Crippen LogP contribution in [0.4, 0.5) is 5.82 Å². The lowest BCUT2D eigenvalue weighted by atomic mass is 10.0. The maximum Gasteiger partial charge on any atom is 0.333 e. The van der Waals surface area contributed by atoms with Gasteiger partial charge in [0.05, 0.1) is 12.4 Å². The SMILES string of the molecule is COC(C(=O)O)C1C=CC(n2cnc3c(N)ncnc32)C1. The zero-order valence-corrected chi connectivity index (χ0v) is 11.4. The molecule has 8 heteroatoms. The Morgan fingerprint density at radius 2 is 2.29 bits per heavy atom. The molecule has 21 heavy (non-hydrogen) atoms. The van der Waals surface area contributed by atoms with Crippen molar-refractivity contribution in [2.24, 2.45) is 5.92 Å². The summed E-state index contributed by atoms with van der Waals surface area (Å²) in [7, 11) is 1.40. The van der Waals surface area contributed by atoms with Crippen molar-refractivity contribution in [2.45, 2.75) is 18.6 Å². The van der Waals surface area contributed by atoms with Crippen molar-refractivity contribution in [1.29, 1.82) is 0 Å². The first-order valence-electron chi connectivity index (χ1n) is 6.48. The van der Waals surface area contributed by atoms with Gasteiger partial charge >= 0.3 is 5.97 Å². The van der Waals surface area contributed by atoms with E-state index in [1.807, 2.05) is 16.7 Å². The van der Waals surface area contributed by atoms with E-state index in [1.165, 1.54) is 13.4 Å². The molecule has 0 bridgehead atoms. The number of nitrogens with zero attached hydrogens (tertiary/aromatic N) is 4. The number of fused-ring (bicyclic) bond motifs is 1. The van der Waals surface area contributed by atoms with Gasteiger partial charge in [0.2, 0.25) is 0 Å². The Morgan fingerprint density at radius 1 is 1.48 bits per heavy atom. The molecule has 0 saturated heterocycles. The van der Waals surface area contributed by atoms with Gasteiger partial charge in [0, 0.05) is 13.0 Å². The van der Waals surface area contributed by atoms with E-state index >= 15 is 0 Å². The minimum Gasteiger partial charge on any atom is -0.479 e. The summed E-state index contributed by atoms with van der Waals surface area (Å²) in [5.41, 5.74) is 6.95. The number of allylic oxidation sites excluding steroid dienone is 1. The standard InChI is InChI=1S/C13H15N5O3/c1-21-10(13(19)20)7-2-3-8(4-7)18-6-17-9-11(14)15-5-16-12(9)18/h2-3,5-8,10H,4H2,1H3,(H,19,20)(H2,14,15,16). The first-order chi connectivity index (χ1) is 10.1. The number of hydrogen-bond donors (Lipinski definition) is 2. The average Bonchev–Trinajstić information content (AvgIpc) is 3.06. The van der Waals surface area contributed by atoms with Crippen molar-refractivity contribution >= 4 is 23.0 Å². The highest BCUT2D eigenvalue weighted by molar-refractivity contribution is 5.81. The Bertz CT molecular complexity index is 711. The summed E-state index contributed by atoms with van der Waals surface area (Å²) in [4.78, 5) is 23.5. The molecular formula is C13H15N5O3. The van der Waals surface area contributed by atoms with Crippen LogP contribution in [0.2, 0.25) is 0 Å². The number of carboxylic acid groups (broad SMARTS) is 1. The zero-order chi connectivity index (χ0) is 15.0. The van der Waals surface area contributed by atoms with Gasteiger partial charge in [-0.25, -0.2) is 19.7 Å². The molecule has 3 unspecified atom stereocenters. The fourth-order valence-electron chi connectivity index (χ4n) is 2.71. The van der Waals surface area contributed by atoms with E-state index in [0.29, 0.717) is 23.4 Å². The van der Waals surface area contributed by atoms with Crippen LogP contribution in [0, 0.1) is 5.92 Å². The Morgan fingerprint density at radius 3 is 3.00 bits per heavy atom. The van der Waals surface area contributed by atoms with E-state index in [4.69, 9.17) is 15.6 Å². The van der Waals surface area contributed by atoms with Gasteiger partial charge in [-0.2, -0.15) is 0 Å². The normalized spacial score (nSPS) is 22.7. The van der Waals surface area contributed by atoms with Gasteiger partial charge in [-0.1, -0.05) is 12.2 Å². The molecule has 0 radical (unpaired) electrons. The molecule has 1 aliphatic carbocycles. The molecule has 8 nitrogen and oxygen atoms in total. The number of nitrogens with two attached hydrogens (primary N) is 1. The summed E-state index contributed by atoms with van der Waals surface area (Å²) in [5.74, 6) is -0.818. The van der Waals surface area contributed by atoms with Gasteiger partial charge in [-0.15, -0.1) is 0 Å². The molecule has 1 aliphatic rings. The number of aliphatic carboxylic acids is 1. The number of aromatic nitrogens is 4. The molecule has 0 aromatic carbocycles. The third-order valence-corrected chi connectivity index (χ3v) is 3.72. The quantitative estimate of drug-likeness (QED) is 0.792. The molecule has 0 amide bonds. The van der Waals surface area contributed by atoms with Crippen LogP contribution >= 0.6 is 0 Å². The fraction of sp³-hybridized carbons (Fsp3) is 0.385. The molecule has 0 saturated carbocycles. The summed E-state index contributed by atoms with van der Waals surface area (Å²) < 4.78 is 6.92. The lowest BCUT2D eigenvalue weighted by Crippen LogP contribution is -2.30. The highest BCUT2D eigenvalue weighted by Crippen LogP contribution is 2.33. The van der Waals surface area contributed by atoms with Gasteiger partial charge in [0.1, 0.15) is 11.8 Å². The van der Waals surface area contributed by atoms with Crippen LogP contribution in [-0.2, 0) is 9.53 Å². The second-order valence-electron chi connectivity index (χ2n) is 4.93. The van der Waals surface area contributed by atoms with E-state index in [0.717, 1.165) is 0 Å². The predicted molar refractivity (Wildman–Crippen MR) is 74.5 cm³/mol. The fourth-order valence-corrected chi connectivity index (χ4v) is 2.71. The van der Waals surface area contributed by atoms with Crippen molar-refractivity contribution < 1.29 is 14.6 Å². The van der Waals surface area contributed by atoms with Crippen molar-refractivity contribution in [2.75, 3.05) is 12.8 Å². The molecule has 3 rings (SSSR count). The van der Waals surface area contributed by atoms with Crippen molar-refractivity contribution in [3.8, 4) is 0 Å². The summed E-state index contributed by atoms with van der Waals surface area (Å²) in [5, 5.41) is 9.14. The molecule has 3 N–H and O–H groups in total. The summed E-state index contributed by atoms with van der Waals surface area (Å²) in [6.45, 7) is 0. The minimum absolute atomic E-state index is 0.0219. The molecule has 2 aromatic rings. The Balaban J connectivity index is 1.88. The van der Waals surface area contributed by atoms with E-state index in [-0.39, 0.29) is 12.0 Å². The van der Waals surface area contributed by atoms with Crippen LogP contribution in [0.25, 0.3) is 11.2 Å². The highest BCUT2D eigenvalue weighted by atomic mass is 16.5. The first kappa shape index (κ1) is 13.5. The van der Waals surface area contributed by atoms with Crippen LogP contribution in [0.3, 0.4) is 0 Å². The third-order valence-electron chi connectivity index (χ3n) is 3.72. The van der Waals surface area contributed by atoms with Gasteiger partial charge < -0.3 is 20.1 Å². The number of nitrogen functional groups attached to an aromatic ring is 1. The van der Waals surface area contributed by atoms with Gasteiger partial charge in [0.25, 0.3) is 0 Å². The van der Waals surface area contributed by atoms with Crippen molar-refractivity contribution in [3.05, 3.63) is 24.8 Å². The Labute approximate surface area is 120 Å². The molecule has 0 aliphatic heterocycles. The summed E-state index contributed by atoms with van der Waals surface area (Å²) >= 11 is 0. The molecule has 0 spiro atoms.